The van der Waals surface area contributed by atoms with Crippen LogP contribution in [0, 0.1) is 0 Å². The molecule has 0 atom stereocenters. The van der Waals surface area contributed by atoms with E-state index in [9.17, 15) is 0 Å². The molecule has 0 unspecified atom stereocenters. The molecule has 0 aliphatic carbocycles. The maximum absolute atomic E-state index is 5.33. The first-order valence-electron chi connectivity index (χ1n) is 7.02. The predicted molar refractivity (Wildman–Crippen MR) is 88.6 cm³/mol. The topological polar surface area (TPSA) is 30.5 Å². The average molecular weight is 305 g/mol. The molecule has 1 aromatic heterocycles. The summed E-state index contributed by atoms with van der Waals surface area (Å²) in [7, 11) is 3.31. The SMILES string of the molecule is COc1ccc(CNCC(C)(C)c2cccs2)cc1OC. The smallest absolute Gasteiger partial charge is 0.161 e. The first kappa shape index (κ1) is 15.9. The van der Waals surface area contributed by atoms with Gasteiger partial charge in [-0.1, -0.05) is 26.0 Å². The fourth-order valence-electron chi connectivity index (χ4n) is 2.26. The quantitative estimate of drug-likeness (QED) is 0.843. The van der Waals surface area contributed by atoms with Crippen molar-refractivity contribution in [3.63, 3.8) is 0 Å². The van der Waals surface area contributed by atoms with Crippen molar-refractivity contribution in [2.75, 3.05) is 20.8 Å². The molecule has 3 nitrogen and oxygen atoms in total. The zero-order chi connectivity index (χ0) is 15.3. The zero-order valence-electron chi connectivity index (χ0n) is 13.1. The maximum atomic E-state index is 5.33. The van der Waals surface area contributed by atoms with E-state index >= 15 is 0 Å². The van der Waals surface area contributed by atoms with Gasteiger partial charge in [-0.25, -0.2) is 0 Å². The summed E-state index contributed by atoms with van der Waals surface area (Å²) >= 11 is 1.81. The van der Waals surface area contributed by atoms with Gasteiger partial charge in [0, 0.05) is 23.4 Å². The van der Waals surface area contributed by atoms with Crippen LogP contribution in [0.2, 0.25) is 0 Å². The van der Waals surface area contributed by atoms with Crippen molar-refractivity contribution in [1.82, 2.24) is 5.32 Å². The fourth-order valence-corrected chi connectivity index (χ4v) is 3.11. The van der Waals surface area contributed by atoms with E-state index in [1.807, 2.05) is 23.5 Å². The minimum atomic E-state index is 0.144. The Bertz CT molecular complexity index is 564. The van der Waals surface area contributed by atoms with Gasteiger partial charge in [0.15, 0.2) is 11.5 Å². The van der Waals surface area contributed by atoms with Crippen LogP contribution >= 0.6 is 11.3 Å². The van der Waals surface area contributed by atoms with Crippen molar-refractivity contribution in [2.45, 2.75) is 25.8 Å². The Morgan fingerprint density at radius 3 is 2.48 bits per heavy atom. The molecule has 0 radical (unpaired) electrons. The molecule has 2 aromatic rings. The third kappa shape index (κ3) is 3.99. The molecule has 0 amide bonds. The molecule has 0 saturated heterocycles. The average Bonchev–Trinajstić information content (AvgIpc) is 3.02. The van der Waals surface area contributed by atoms with Gasteiger partial charge in [-0.05, 0) is 29.1 Å². The number of benzene rings is 1. The fraction of sp³-hybridized carbons (Fsp3) is 0.412. The Labute approximate surface area is 130 Å². The normalized spacial score (nSPS) is 11.4. The van der Waals surface area contributed by atoms with Crippen molar-refractivity contribution < 1.29 is 9.47 Å². The molecule has 0 saturated carbocycles. The maximum Gasteiger partial charge on any atom is 0.161 e. The second-order valence-electron chi connectivity index (χ2n) is 5.65. The summed E-state index contributed by atoms with van der Waals surface area (Å²) in [6.07, 6.45) is 0. The summed E-state index contributed by atoms with van der Waals surface area (Å²) in [6, 6.07) is 10.3. The van der Waals surface area contributed by atoms with E-state index in [-0.39, 0.29) is 5.41 Å². The Morgan fingerprint density at radius 1 is 1.10 bits per heavy atom. The molecule has 0 spiro atoms. The lowest BCUT2D eigenvalue weighted by Gasteiger charge is -2.24. The summed E-state index contributed by atoms with van der Waals surface area (Å²) in [6.45, 7) is 6.28. The summed E-state index contributed by atoms with van der Waals surface area (Å²) < 4.78 is 10.6. The first-order chi connectivity index (χ1) is 10.1. The molecule has 0 fully saturated rings. The Balaban J connectivity index is 1.94. The Kier molecular flexibility index (Phi) is 5.26. The highest BCUT2D eigenvalue weighted by Gasteiger charge is 2.20. The van der Waals surface area contributed by atoms with Crippen molar-refractivity contribution in [3.8, 4) is 11.5 Å². The predicted octanol–water partition coefficient (Wildman–Crippen LogP) is 3.83. The Morgan fingerprint density at radius 2 is 1.86 bits per heavy atom. The molecule has 114 valence electrons. The molecule has 0 aliphatic heterocycles. The van der Waals surface area contributed by atoms with Crippen molar-refractivity contribution in [2.24, 2.45) is 0 Å². The van der Waals surface area contributed by atoms with Crippen LogP contribution in [0.25, 0.3) is 0 Å². The van der Waals surface area contributed by atoms with Gasteiger partial charge >= 0.3 is 0 Å². The molecule has 2 rings (SSSR count). The largest absolute Gasteiger partial charge is 0.493 e. The Hall–Kier alpha value is -1.52. The molecule has 1 N–H and O–H groups in total. The van der Waals surface area contributed by atoms with Crippen LogP contribution in [-0.2, 0) is 12.0 Å². The summed E-state index contributed by atoms with van der Waals surface area (Å²) in [5.74, 6) is 1.54. The molecule has 0 bridgehead atoms. The minimum Gasteiger partial charge on any atom is -0.493 e. The standard InChI is InChI=1S/C17H23NO2S/c1-17(2,16-6-5-9-21-16)12-18-11-13-7-8-14(19-3)15(10-13)20-4/h5-10,18H,11-12H2,1-4H3. The van der Waals surface area contributed by atoms with E-state index < -0.39 is 0 Å². The van der Waals surface area contributed by atoms with Gasteiger partial charge in [0.05, 0.1) is 14.2 Å². The van der Waals surface area contributed by atoms with Crippen LogP contribution in [0.3, 0.4) is 0 Å². The van der Waals surface area contributed by atoms with E-state index in [4.69, 9.17) is 9.47 Å². The number of hydrogen-bond acceptors (Lipinski definition) is 4. The van der Waals surface area contributed by atoms with Crippen LogP contribution in [-0.4, -0.2) is 20.8 Å². The molecule has 1 heterocycles. The molecule has 1 aromatic carbocycles. The van der Waals surface area contributed by atoms with Gasteiger partial charge in [-0.3, -0.25) is 0 Å². The monoisotopic (exact) mass is 305 g/mol. The van der Waals surface area contributed by atoms with E-state index in [1.54, 1.807) is 14.2 Å². The third-order valence-electron chi connectivity index (χ3n) is 3.53. The van der Waals surface area contributed by atoms with Gasteiger partial charge in [0.1, 0.15) is 0 Å². The lowest BCUT2D eigenvalue weighted by Crippen LogP contribution is -2.31. The van der Waals surface area contributed by atoms with Crippen LogP contribution in [0.4, 0.5) is 0 Å². The van der Waals surface area contributed by atoms with E-state index in [1.165, 1.54) is 10.4 Å². The number of rotatable bonds is 7. The highest BCUT2D eigenvalue weighted by atomic mass is 32.1. The second kappa shape index (κ2) is 6.96. The summed E-state index contributed by atoms with van der Waals surface area (Å²) in [4.78, 5) is 1.40. The number of nitrogens with one attached hydrogen (secondary N) is 1. The third-order valence-corrected chi connectivity index (χ3v) is 4.77. The van der Waals surface area contributed by atoms with Gasteiger partial charge in [0.2, 0.25) is 0 Å². The van der Waals surface area contributed by atoms with Crippen molar-refractivity contribution in [3.05, 3.63) is 46.2 Å². The molecule has 21 heavy (non-hydrogen) atoms. The van der Waals surface area contributed by atoms with E-state index in [0.717, 1.165) is 24.6 Å². The number of ether oxygens (including phenoxy) is 2. The number of thiophene rings is 1. The van der Waals surface area contributed by atoms with E-state index in [0.29, 0.717) is 0 Å². The summed E-state index contributed by atoms with van der Waals surface area (Å²) in [5, 5.41) is 5.66. The highest BCUT2D eigenvalue weighted by Crippen LogP contribution is 2.28. The number of hydrogen-bond donors (Lipinski definition) is 1. The number of methoxy groups -OCH3 is 2. The van der Waals surface area contributed by atoms with Crippen LogP contribution in [0.5, 0.6) is 11.5 Å². The van der Waals surface area contributed by atoms with Gasteiger partial charge in [0.25, 0.3) is 0 Å². The first-order valence-corrected chi connectivity index (χ1v) is 7.90. The van der Waals surface area contributed by atoms with Gasteiger partial charge < -0.3 is 14.8 Å². The van der Waals surface area contributed by atoms with Gasteiger partial charge in [-0.15, -0.1) is 11.3 Å². The van der Waals surface area contributed by atoms with Crippen LogP contribution < -0.4 is 14.8 Å². The minimum absolute atomic E-state index is 0.144. The highest BCUT2D eigenvalue weighted by molar-refractivity contribution is 7.10. The van der Waals surface area contributed by atoms with Crippen LogP contribution in [0.1, 0.15) is 24.3 Å². The molecule has 0 aliphatic rings. The molecular formula is C17H23NO2S. The van der Waals surface area contributed by atoms with Crippen LogP contribution in [0.15, 0.2) is 35.7 Å². The zero-order valence-corrected chi connectivity index (χ0v) is 13.9. The lowest BCUT2D eigenvalue weighted by atomic mass is 9.91. The van der Waals surface area contributed by atoms with Crippen molar-refractivity contribution in [1.29, 1.82) is 0 Å². The molecular weight excluding hydrogens is 282 g/mol. The molecule has 4 heteroatoms. The second-order valence-corrected chi connectivity index (χ2v) is 6.60. The van der Waals surface area contributed by atoms with Crippen molar-refractivity contribution >= 4 is 11.3 Å². The van der Waals surface area contributed by atoms with Gasteiger partial charge in [-0.2, -0.15) is 0 Å². The summed E-state index contributed by atoms with van der Waals surface area (Å²) in [5.41, 5.74) is 1.33. The lowest BCUT2D eigenvalue weighted by molar-refractivity contribution is 0.354. The van der Waals surface area contributed by atoms with E-state index in [2.05, 4.69) is 42.7 Å².